The number of benzene rings is 2. The van der Waals surface area contributed by atoms with E-state index < -0.39 is 142 Å². The number of aromatic nitrogens is 1. The Bertz CT molecular complexity index is 4150. The smallest absolute Gasteiger partial charge is 0.326 e. The van der Waals surface area contributed by atoms with Gasteiger partial charge in [-0.3, -0.25) is 57.6 Å². The van der Waals surface area contributed by atoms with Crippen molar-refractivity contribution < 1.29 is 96.6 Å². The van der Waals surface area contributed by atoms with Crippen LogP contribution in [0.1, 0.15) is 206 Å². The van der Waals surface area contributed by atoms with E-state index >= 15 is 0 Å². The number of Topliss-reactive ketones (excluding diaryl/α,β-unsaturated/α-hetero) is 1. The van der Waals surface area contributed by atoms with Gasteiger partial charge in [0.2, 0.25) is 27.7 Å². The van der Waals surface area contributed by atoms with Crippen LogP contribution in [0.25, 0.3) is 0 Å². The molecule has 1 saturated heterocycles. The third-order valence-electron chi connectivity index (χ3n) is 18.5. The molecule has 0 unspecified atom stereocenters. The number of hydrogen-bond acceptors (Lipinski definition) is 24. The number of ketones is 1. The molecule has 6 rings (SSSR count). The Morgan fingerprint density at radius 2 is 1.16 bits per heavy atom. The van der Waals surface area contributed by atoms with Gasteiger partial charge in [0.1, 0.15) is 69.2 Å². The first-order valence-electron chi connectivity index (χ1n) is 38.2. The third-order valence-corrected chi connectivity index (χ3v) is 23.1. The number of esters is 4. The molecule has 5 N–H and O–H groups in total. The number of pyridine rings is 1. The van der Waals surface area contributed by atoms with E-state index in [1.807, 2.05) is 56.6 Å². The van der Waals surface area contributed by atoms with Gasteiger partial charge in [0, 0.05) is 102 Å². The molecule has 111 heavy (non-hydrogen) atoms. The zero-order valence-corrected chi connectivity index (χ0v) is 70.9. The molecule has 33 heteroatoms. The van der Waals surface area contributed by atoms with E-state index in [2.05, 4.69) is 20.7 Å². The van der Waals surface area contributed by atoms with Crippen LogP contribution in [-0.4, -0.2) is 227 Å². The second kappa shape index (κ2) is 38.6. The lowest BCUT2D eigenvalue weighted by molar-refractivity contribution is -0.163. The summed E-state index contributed by atoms with van der Waals surface area (Å²) in [5.74, 6) is -4.70. The highest BCUT2D eigenvalue weighted by Gasteiger charge is 2.41. The van der Waals surface area contributed by atoms with Crippen molar-refractivity contribution in [3.8, 4) is 11.5 Å². The van der Waals surface area contributed by atoms with Gasteiger partial charge < -0.3 is 44.4 Å². The predicted molar refractivity (Wildman–Crippen MR) is 418 cm³/mol. The first kappa shape index (κ1) is 92.5. The fourth-order valence-electron chi connectivity index (χ4n) is 13.5. The lowest BCUT2D eigenvalue weighted by Crippen LogP contribution is -2.50. The molecule has 3 amide bonds. The summed E-state index contributed by atoms with van der Waals surface area (Å²) in [4.78, 5) is 118. The van der Waals surface area contributed by atoms with Crippen LogP contribution in [0.15, 0.2) is 34.1 Å². The van der Waals surface area contributed by atoms with Crippen LogP contribution >= 0.6 is 0 Å². The number of hydrogen-bond donors (Lipinski definition) is 5. The summed E-state index contributed by atoms with van der Waals surface area (Å²) in [6.07, 6.45) is 2.54. The number of fused-ring (bicyclic) bond motifs is 2. The average molecular weight is 1620 g/mol. The highest BCUT2D eigenvalue weighted by atomic mass is 32.2. The van der Waals surface area contributed by atoms with Crippen molar-refractivity contribution in [1.82, 2.24) is 40.4 Å². The summed E-state index contributed by atoms with van der Waals surface area (Å²) < 4.78 is 131. The van der Waals surface area contributed by atoms with Gasteiger partial charge in [-0.1, -0.05) is 6.07 Å². The molecule has 3 aliphatic rings. The summed E-state index contributed by atoms with van der Waals surface area (Å²) in [6.45, 7) is 34.4. The Kier molecular flexibility index (Phi) is 32.2. The van der Waals surface area contributed by atoms with Crippen LogP contribution in [0.2, 0.25) is 0 Å². The standard InChI is InChI=1S/C78H121N9O21S3/c1-50-43-57(44-51(2)69(50)110(99,100)83-59(72(94)107-76(12,13)14)46-80-64(90)28-21-20-26-56-31-30-55-25-23-35-87(71(55)81-56)111(101,102)70-53(4)52(3)68-58(54(70)5)45-78(18,19)106-68)103-42-24-29-63(89)79-34-22-27-62(88)60(49-109(96,97)98)82-65(91)33-32-61(73(95)108-77(15,16)17)86-40-38-84(47-66(92)104-74(6,7)8)36-37-85(39-41-86)48-67(93)105-75(9,10)11/h30-31,43-44,59-61,83H,20-29,32-42,45-49H2,1-19H3,(H,79,89)(H,80,90)(H,82,91)(H,96,97,98)/t59-,60-,61+/m0/s1. The zero-order valence-electron chi connectivity index (χ0n) is 68.5. The monoisotopic (exact) mass is 1620 g/mol. The van der Waals surface area contributed by atoms with E-state index in [-0.39, 0.29) is 124 Å². The number of ether oxygens (including phenoxy) is 6. The lowest BCUT2D eigenvalue weighted by atomic mass is 9.94. The van der Waals surface area contributed by atoms with Crippen molar-refractivity contribution in [2.45, 2.75) is 271 Å². The minimum atomic E-state index is -4.83. The number of aryl methyl sites for hydroxylation is 4. The molecule has 1 fully saturated rings. The number of carbonyl (C=O) groups excluding carboxylic acids is 8. The fourth-order valence-corrected chi connectivity index (χ4v) is 17.9. The summed E-state index contributed by atoms with van der Waals surface area (Å²) >= 11 is 0. The van der Waals surface area contributed by atoms with Crippen molar-refractivity contribution in [2.24, 2.45) is 0 Å². The van der Waals surface area contributed by atoms with Gasteiger partial charge in [-0.05, 0) is 234 Å². The van der Waals surface area contributed by atoms with E-state index in [4.69, 9.17) is 33.4 Å². The maximum Gasteiger partial charge on any atom is 0.326 e. The Labute approximate surface area is 656 Å². The van der Waals surface area contributed by atoms with Gasteiger partial charge in [-0.2, -0.15) is 13.1 Å². The number of amides is 3. The first-order chi connectivity index (χ1) is 51.2. The van der Waals surface area contributed by atoms with Crippen molar-refractivity contribution in [2.75, 3.05) is 88.7 Å². The molecule has 0 aliphatic carbocycles. The zero-order chi connectivity index (χ0) is 83.2. The van der Waals surface area contributed by atoms with Crippen molar-refractivity contribution in [3.05, 3.63) is 68.9 Å². The quantitative estimate of drug-likeness (QED) is 0.0170. The summed E-state index contributed by atoms with van der Waals surface area (Å²) in [5, 5.41) is 7.80. The lowest BCUT2D eigenvalue weighted by Gasteiger charge is -2.34. The highest BCUT2D eigenvalue weighted by Crippen LogP contribution is 2.45. The molecule has 1 aromatic heterocycles. The Morgan fingerprint density at radius 1 is 0.613 bits per heavy atom. The highest BCUT2D eigenvalue weighted by molar-refractivity contribution is 7.93. The maximum absolute atomic E-state index is 14.7. The Hall–Kier alpha value is -7.40. The number of unbranched alkanes of at least 4 members (excludes halogenated alkanes) is 1. The topological polar surface area (TPSA) is 389 Å². The molecular formula is C78H121N9O21S3. The molecule has 0 bridgehead atoms. The van der Waals surface area contributed by atoms with Crippen LogP contribution in [0.3, 0.4) is 0 Å². The Balaban J connectivity index is 0.981. The van der Waals surface area contributed by atoms with E-state index in [1.165, 1.54) is 16.4 Å². The third kappa shape index (κ3) is 29.5. The van der Waals surface area contributed by atoms with Gasteiger partial charge >= 0.3 is 23.9 Å². The normalized spacial score (nSPS) is 16.4. The van der Waals surface area contributed by atoms with Gasteiger partial charge in [0.15, 0.2) is 5.78 Å². The maximum atomic E-state index is 14.7. The Morgan fingerprint density at radius 3 is 1.73 bits per heavy atom. The fraction of sp³-hybridized carbons (Fsp3) is 0.679. The summed E-state index contributed by atoms with van der Waals surface area (Å²) in [6, 6.07) is 2.45. The SMILES string of the molecule is Cc1cc(OCCCC(=O)NCCCC(=O)[C@H](CS(=O)(=O)O)NC(=O)CC[C@H](C(=O)OC(C)(C)C)N2CCN(CC(=O)OC(C)(C)C)CCN(CC(=O)OC(C)(C)C)CC2)cc(C)c1S(=O)(=O)N[C@@H](CNC(=O)CCCCc1ccc2c(n1)N(S(=O)(=O)c1c(C)c(C)c3c(c1C)CC(C)(C)O3)CCC2)C(=O)OC(C)(C)C. The van der Waals surface area contributed by atoms with E-state index in [9.17, 15) is 68.2 Å². The number of anilines is 1. The van der Waals surface area contributed by atoms with Crippen molar-refractivity contribution >= 4 is 83.4 Å². The van der Waals surface area contributed by atoms with E-state index in [0.717, 1.165) is 22.4 Å². The molecule has 3 atom stereocenters. The number of carbonyl (C=O) groups is 8. The van der Waals surface area contributed by atoms with Gasteiger partial charge in [0.25, 0.3) is 20.1 Å². The molecule has 0 radical (unpaired) electrons. The largest absolute Gasteiger partial charge is 0.494 e. The van der Waals surface area contributed by atoms with Crippen LogP contribution in [-0.2, 0) is 107 Å². The molecule has 0 saturated carbocycles. The van der Waals surface area contributed by atoms with Gasteiger partial charge in [0.05, 0.1) is 29.5 Å². The first-order valence-corrected chi connectivity index (χ1v) is 42.7. The second-order valence-electron chi connectivity index (χ2n) is 33.7. The summed E-state index contributed by atoms with van der Waals surface area (Å²) in [5.41, 5.74) is 1.07. The minimum Gasteiger partial charge on any atom is -0.494 e. The molecule has 2 aromatic carbocycles. The number of rotatable bonds is 35. The van der Waals surface area contributed by atoms with Crippen LogP contribution in [0.4, 0.5) is 5.82 Å². The van der Waals surface area contributed by atoms with Crippen molar-refractivity contribution in [1.29, 1.82) is 0 Å². The molecular weight excluding hydrogens is 1500 g/mol. The average Bonchev–Trinajstić information content (AvgIpc) is 1.70. The van der Waals surface area contributed by atoms with E-state index in [1.54, 1.807) is 102 Å². The molecule has 622 valence electrons. The van der Waals surface area contributed by atoms with Crippen LogP contribution < -0.4 is 34.5 Å². The molecule has 0 spiro atoms. The number of nitrogens with zero attached hydrogens (tertiary/aromatic N) is 5. The van der Waals surface area contributed by atoms with Crippen LogP contribution in [0, 0.1) is 34.6 Å². The molecule has 3 aliphatic heterocycles. The second-order valence-corrected chi connectivity index (χ2v) is 38.7. The molecule has 3 aromatic rings. The van der Waals surface area contributed by atoms with Crippen LogP contribution in [0.5, 0.6) is 11.5 Å². The minimum absolute atomic E-state index is 0.0175. The molecule has 30 nitrogen and oxygen atoms in total. The summed E-state index contributed by atoms with van der Waals surface area (Å²) in [7, 11) is -13.3. The van der Waals surface area contributed by atoms with E-state index in [0.29, 0.717) is 74.3 Å². The number of sulfonamides is 2. The number of nitrogens with one attached hydrogen (secondary N) is 4. The van der Waals surface area contributed by atoms with Gasteiger partial charge in [-0.15, -0.1) is 0 Å². The predicted octanol–water partition coefficient (Wildman–Crippen LogP) is 7.09. The van der Waals surface area contributed by atoms with Gasteiger partial charge in [-0.25, -0.2) is 26.1 Å². The van der Waals surface area contributed by atoms with Crippen molar-refractivity contribution in [3.63, 3.8) is 0 Å². The molecule has 4 heterocycles.